The first kappa shape index (κ1) is 14.1. The van der Waals surface area contributed by atoms with Gasteiger partial charge in [0.2, 0.25) is 0 Å². The van der Waals surface area contributed by atoms with Crippen LogP contribution in [0.3, 0.4) is 0 Å². The molecule has 0 aliphatic heterocycles. The Labute approximate surface area is 125 Å². The summed E-state index contributed by atoms with van der Waals surface area (Å²) in [7, 11) is 0. The van der Waals surface area contributed by atoms with Crippen LogP contribution < -0.4 is 5.32 Å². The van der Waals surface area contributed by atoms with E-state index in [-0.39, 0.29) is 11.9 Å². The standard InChI is InChI=1S/C14H17Br2NO/c1-9-6-10(8-11(15)7-9)14(18)17-13-5-3-2-4-12(13)16/h6-8,12-13H,2-5H2,1H3,(H,17,18). The van der Waals surface area contributed by atoms with Crippen molar-refractivity contribution >= 4 is 37.8 Å². The van der Waals surface area contributed by atoms with Gasteiger partial charge in [-0.05, 0) is 43.5 Å². The predicted molar refractivity (Wildman–Crippen MR) is 81.3 cm³/mol. The van der Waals surface area contributed by atoms with Gasteiger partial charge in [0.05, 0.1) is 0 Å². The van der Waals surface area contributed by atoms with Gasteiger partial charge in [0.15, 0.2) is 0 Å². The molecular formula is C14H17Br2NO. The smallest absolute Gasteiger partial charge is 0.251 e. The second kappa shape index (κ2) is 6.20. The van der Waals surface area contributed by atoms with Crippen LogP contribution in [0.4, 0.5) is 0 Å². The van der Waals surface area contributed by atoms with Crippen LogP contribution in [-0.2, 0) is 0 Å². The van der Waals surface area contributed by atoms with E-state index in [0.717, 1.165) is 28.4 Å². The molecule has 1 aliphatic carbocycles. The highest BCUT2D eigenvalue weighted by Crippen LogP contribution is 2.25. The average Bonchev–Trinajstić information content (AvgIpc) is 2.31. The van der Waals surface area contributed by atoms with Crippen molar-refractivity contribution in [2.75, 3.05) is 0 Å². The number of alkyl halides is 1. The highest BCUT2D eigenvalue weighted by atomic mass is 79.9. The van der Waals surface area contributed by atoms with Crippen molar-refractivity contribution in [2.24, 2.45) is 0 Å². The molecule has 2 unspecified atom stereocenters. The maximum absolute atomic E-state index is 12.2. The Kier molecular flexibility index (Phi) is 4.84. The molecule has 98 valence electrons. The minimum Gasteiger partial charge on any atom is -0.348 e. The van der Waals surface area contributed by atoms with Gasteiger partial charge in [-0.15, -0.1) is 0 Å². The molecule has 1 aromatic rings. The summed E-state index contributed by atoms with van der Waals surface area (Å²) < 4.78 is 0.951. The van der Waals surface area contributed by atoms with Crippen molar-refractivity contribution in [3.8, 4) is 0 Å². The van der Waals surface area contributed by atoms with Crippen LogP contribution in [0, 0.1) is 6.92 Å². The van der Waals surface area contributed by atoms with Gasteiger partial charge in [-0.25, -0.2) is 0 Å². The summed E-state index contributed by atoms with van der Waals surface area (Å²) in [5.74, 6) is 0.0238. The molecule has 1 fully saturated rings. The van der Waals surface area contributed by atoms with Gasteiger partial charge in [-0.2, -0.15) is 0 Å². The monoisotopic (exact) mass is 373 g/mol. The molecule has 1 N–H and O–H groups in total. The second-order valence-corrected chi connectivity index (χ2v) is 6.99. The van der Waals surface area contributed by atoms with E-state index in [1.807, 2.05) is 25.1 Å². The van der Waals surface area contributed by atoms with E-state index in [1.54, 1.807) is 0 Å². The maximum Gasteiger partial charge on any atom is 0.251 e. The van der Waals surface area contributed by atoms with Crippen molar-refractivity contribution in [3.05, 3.63) is 33.8 Å². The number of amides is 1. The van der Waals surface area contributed by atoms with E-state index >= 15 is 0 Å². The summed E-state index contributed by atoms with van der Waals surface area (Å²) in [5, 5.41) is 3.13. The highest BCUT2D eigenvalue weighted by Gasteiger charge is 2.24. The lowest BCUT2D eigenvalue weighted by Gasteiger charge is -2.28. The van der Waals surface area contributed by atoms with Crippen LogP contribution >= 0.6 is 31.9 Å². The molecule has 0 aromatic heterocycles. The number of aryl methyl sites for hydroxylation is 1. The number of hydrogen-bond donors (Lipinski definition) is 1. The Bertz CT molecular complexity index is 427. The first-order valence-corrected chi connectivity index (χ1v) is 7.99. The van der Waals surface area contributed by atoms with Crippen molar-refractivity contribution < 1.29 is 4.79 Å². The molecule has 4 heteroatoms. The van der Waals surface area contributed by atoms with E-state index in [9.17, 15) is 4.79 Å². The Morgan fingerprint density at radius 2 is 2.00 bits per heavy atom. The molecule has 0 radical (unpaired) electrons. The van der Waals surface area contributed by atoms with Crippen LogP contribution in [0.2, 0.25) is 0 Å². The van der Waals surface area contributed by atoms with Gasteiger partial charge in [0.1, 0.15) is 0 Å². The molecule has 2 nitrogen and oxygen atoms in total. The lowest BCUT2D eigenvalue weighted by Crippen LogP contribution is -2.42. The van der Waals surface area contributed by atoms with E-state index in [4.69, 9.17) is 0 Å². The van der Waals surface area contributed by atoms with E-state index in [2.05, 4.69) is 37.2 Å². The lowest BCUT2D eigenvalue weighted by molar-refractivity contribution is 0.0929. The lowest BCUT2D eigenvalue weighted by atomic mass is 9.95. The number of rotatable bonds is 2. The Balaban J connectivity index is 2.06. The van der Waals surface area contributed by atoms with Gasteiger partial charge in [0.25, 0.3) is 5.91 Å². The third kappa shape index (κ3) is 3.58. The summed E-state index contributed by atoms with van der Waals surface area (Å²) >= 11 is 7.09. The largest absolute Gasteiger partial charge is 0.348 e. The summed E-state index contributed by atoms with van der Waals surface area (Å²) in [6.07, 6.45) is 4.65. The molecule has 1 aliphatic rings. The van der Waals surface area contributed by atoms with E-state index in [0.29, 0.717) is 4.83 Å². The van der Waals surface area contributed by atoms with Gasteiger partial charge in [-0.3, -0.25) is 4.79 Å². The molecule has 0 heterocycles. The van der Waals surface area contributed by atoms with Crippen LogP contribution in [-0.4, -0.2) is 16.8 Å². The van der Waals surface area contributed by atoms with Crippen LogP contribution in [0.15, 0.2) is 22.7 Å². The van der Waals surface area contributed by atoms with Crippen LogP contribution in [0.5, 0.6) is 0 Å². The Morgan fingerprint density at radius 1 is 1.28 bits per heavy atom. The predicted octanol–water partition coefficient (Wildman–Crippen LogP) is 4.19. The molecule has 1 saturated carbocycles. The topological polar surface area (TPSA) is 29.1 Å². The third-order valence-electron chi connectivity index (χ3n) is 3.30. The number of benzene rings is 1. The van der Waals surface area contributed by atoms with Crippen LogP contribution in [0.25, 0.3) is 0 Å². The summed E-state index contributed by atoms with van der Waals surface area (Å²) in [6.45, 7) is 2.00. The second-order valence-electron chi connectivity index (χ2n) is 4.90. The molecule has 2 rings (SSSR count). The van der Waals surface area contributed by atoms with E-state index < -0.39 is 0 Å². The summed E-state index contributed by atoms with van der Waals surface area (Å²) in [4.78, 5) is 12.6. The summed E-state index contributed by atoms with van der Waals surface area (Å²) in [6, 6.07) is 6.05. The van der Waals surface area contributed by atoms with Gasteiger partial charge in [0, 0.05) is 20.9 Å². The number of halogens is 2. The molecule has 18 heavy (non-hydrogen) atoms. The fraction of sp³-hybridized carbons (Fsp3) is 0.500. The maximum atomic E-state index is 12.2. The zero-order chi connectivity index (χ0) is 13.1. The minimum absolute atomic E-state index is 0.0238. The molecule has 2 atom stereocenters. The van der Waals surface area contributed by atoms with Crippen molar-refractivity contribution in [1.82, 2.24) is 5.32 Å². The number of nitrogens with one attached hydrogen (secondary N) is 1. The highest BCUT2D eigenvalue weighted by molar-refractivity contribution is 9.10. The first-order valence-electron chi connectivity index (χ1n) is 6.28. The molecule has 0 bridgehead atoms. The summed E-state index contributed by atoms with van der Waals surface area (Å²) in [5.41, 5.74) is 1.82. The van der Waals surface area contributed by atoms with Gasteiger partial charge < -0.3 is 5.32 Å². The fourth-order valence-corrected chi connectivity index (χ4v) is 3.70. The van der Waals surface area contributed by atoms with Crippen molar-refractivity contribution in [3.63, 3.8) is 0 Å². The molecule has 0 spiro atoms. The first-order chi connectivity index (χ1) is 8.56. The van der Waals surface area contributed by atoms with Crippen molar-refractivity contribution in [2.45, 2.75) is 43.5 Å². The normalized spacial score (nSPS) is 23.7. The SMILES string of the molecule is Cc1cc(Br)cc(C(=O)NC2CCCCC2Br)c1. The molecular weight excluding hydrogens is 358 g/mol. The minimum atomic E-state index is 0.0238. The third-order valence-corrected chi connectivity index (χ3v) is 4.86. The Hall–Kier alpha value is -0.350. The number of carbonyl (C=O) groups is 1. The molecule has 1 amide bonds. The number of hydrogen-bond acceptors (Lipinski definition) is 1. The van der Waals surface area contributed by atoms with Gasteiger partial charge in [-0.1, -0.05) is 44.7 Å². The zero-order valence-corrected chi connectivity index (χ0v) is 13.6. The van der Waals surface area contributed by atoms with Crippen LogP contribution in [0.1, 0.15) is 41.6 Å². The fourth-order valence-electron chi connectivity index (χ4n) is 2.37. The van der Waals surface area contributed by atoms with Crippen molar-refractivity contribution in [1.29, 1.82) is 0 Å². The molecule has 0 saturated heterocycles. The average molecular weight is 375 g/mol. The molecule has 1 aromatic carbocycles. The van der Waals surface area contributed by atoms with E-state index in [1.165, 1.54) is 12.8 Å². The zero-order valence-electron chi connectivity index (χ0n) is 10.4. The Morgan fingerprint density at radius 3 is 2.67 bits per heavy atom. The quantitative estimate of drug-likeness (QED) is 0.772. The van der Waals surface area contributed by atoms with Gasteiger partial charge >= 0.3 is 0 Å². The number of carbonyl (C=O) groups excluding carboxylic acids is 1.